The van der Waals surface area contributed by atoms with Gasteiger partial charge < -0.3 is 10.0 Å². The van der Waals surface area contributed by atoms with E-state index in [-0.39, 0.29) is 5.78 Å². The van der Waals surface area contributed by atoms with E-state index in [0.29, 0.717) is 25.2 Å². The van der Waals surface area contributed by atoms with E-state index in [2.05, 4.69) is 39.4 Å². The molecule has 4 nitrogen and oxygen atoms in total. The Morgan fingerprint density at radius 3 is 2.42 bits per heavy atom. The normalized spacial score (nSPS) is 26.3. The molecule has 1 saturated heterocycles. The number of benzene rings is 1. The first-order chi connectivity index (χ1) is 15.1. The molecule has 2 saturated carbocycles. The molecule has 5 heteroatoms. The third-order valence-corrected chi connectivity index (χ3v) is 8.91. The van der Waals surface area contributed by atoms with Crippen LogP contribution in [0.5, 0.6) is 0 Å². The summed E-state index contributed by atoms with van der Waals surface area (Å²) in [4.78, 5) is 17.2. The maximum atomic E-state index is 12.0. The standard InChI is InChI=1S/C26H36N2O2S/c29-25(26(30)12-13-26)9-8-20-4-6-21(7-5-20)10-14-27-15-17-28(18-16-27)23-2-1-3-24-22(23)11-19-31-24/h1-3,11,19-21,30H,4-10,12-18H2. The Hall–Kier alpha value is -1.43. The third kappa shape index (κ3) is 4.99. The lowest BCUT2D eigenvalue weighted by atomic mass is 9.78. The molecule has 1 aliphatic heterocycles. The predicted molar refractivity (Wildman–Crippen MR) is 129 cm³/mol. The fourth-order valence-electron chi connectivity index (χ4n) is 5.61. The van der Waals surface area contributed by atoms with E-state index >= 15 is 0 Å². The Balaban J connectivity index is 1.01. The number of fused-ring (bicyclic) bond motifs is 1. The largest absolute Gasteiger partial charge is 0.382 e. The summed E-state index contributed by atoms with van der Waals surface area (Å²) < 4.78 is 1.39. The molecule has 0 radical (unpaired) electrons. The molecule has 1 N–H and O–H groups in total. The topological polar surface area (TPSA) is 43.8 Å². The predicted octanol–water partition coefficient (Wildman–Crippen LogP) is 5.09. The quantitative estimate of drug-likeness (QED) is 0.621. The van der Waals surface area contributed by atoms with Gasteiger partial charge in [-0.3, -0.25) is 9.69 Å². The van der Waals surface area contributed by atoms with Crippen LogP contribution in [0.1, 0.15) is 57.8 Å². The highest BCUT2D eigenvalue weighted by Gasteiger charge is 2.47. The van der Waals surface area contributed by atoms with Crippen LogP contribution in [0, 0.1) is 11.8 Å². The van der Waals surface area contributed by atoms with Crippen molar-refractivity contribution in [2.45, 2.75) is 63.4 Å². The molecule has 3 aliphatic rings. The number of carbonyl (C=O) groups is 1. The molecule has 0 amide bonds. The summed E-state index contributed by atoms with van der Waals surface area (Å²) in [5.41, 5.74) is 0.487. The molecule has 2 heterocycles. The minimum atomic E-state index is -0.919. The Morgan fingerprint density at radius 1 is 1.00 bits per heavy atom. The van der Waals surface area contributed by atoms with Gasteiger partial charge in [-0.2, -0.15) is 0 Å². The first-order valence-corrected chi connectivity index (χ1v) is 13.2. The maximum absolute atomic E-state index is 12.0. The van der Waals surface area contributed by atoms with Gasteiger partial charge in [-0.25, -0.2) is 0 Å². The Morgan fingerprint density at radius 2 is 1.71 bits per heavy atom. The van der Waals surface area contributed by atoms with E-state index < -0.39 is 5.60 Å². The molecular formula is C26H36N2O2S. The van der Waals surface area contributed by atoms with Gasteiger partial charge in [0.1, 0.15) is 5.60 Å². The highest BCUT2D eigenvalue weighted by molar-refractivity contribution is 7.17. The number of hydrogen-bond donors (Lipinski definition) is 1. The molecule has 31 heavy (non-hydrogen) atoms. The van der Waals surface area contributed by atoms with Crippen LogP contribution in [0.4, 0.5) is 5.69 Å². The van der Waals surface area contributed by atoms with Crippen molar-refractivity contribution in [3.63, 3.8) is 0 Å². The van der Waals surface area contributed by atoms with Crippen LogP contribution in [0.15, 0.2) is 29.6 Å². The van der Waals surface area contributed by atoms with Crippen molar-refractivity contribution in [3.05, 3.63) is 29.6 Å². The summed E-state index contributed by atoms with van der Waals surface area (Å²) in [6, 6.07) is 8.96. The number of ketones is 1. The second-order valence-corrected chi connectivity index (χ2v) is 11.1. The molecule has 2 aliphatic carbocycles. The molecule has 3 fully saturated rings. The number of hydrogen-bond acceptors (Lipinski definition) is 5. The van der Waals surface area contributed by atoms with Crippen molar-refractivity contribution >= 4 is 32.9 Å². The molecule has 0 unspecified atom stereocenters. The number of thiophene rings is 1. The maximum Gasteiger partial charge on any atom is 0.164 e. The summed E-state index contributed by atoms with van der Waals surface area (Å²) >= 11 is 1.83. The van der Waals surface area contributed by atoms with Crippen LogP contribution in [0.25, 0.3) is 10.1 Å². The SMILES string of the molecule is O=C(CCC1CCC(CCN2CCN(c3cccc4sccc34)CC2)CC1)C1(O)CC1. The van der Waals surface area contributed by atoms with Gasteiger partial charge in [0.05, 0.1) is 0 Å². The molecule has 0 bridgehead atoms. The average Bonchev–Trinajstić information content (AvgIpc) is 3.38. The number of aliphatic hydroxyl groups is 1. The van der Waals surface area contributed by atoms with Crippen molar-refractivity contribution in [2.75, 3.05) is 37.6 Å². The van der Waals surface area contributed by atoms with E-state index in [0.717, 1.165) is 25.4 Å². The molecule has 168 valence electrons. The first kappa shape index (κ1) is 21.4. The second kappa shape index (κ2) is 9.21. The molecule has 2 aromatic rings. The van der Waals surface area contributed by atoms with Gasteiger partial charge in [0.2, 0.25) is 0 Å². The minimum absolute atomic E-state index is 0.101. The number of rotatable bonds is 8. The Labute approximate surface area is 190 Å². The van der Waals surface area contributed by atoms with Crippen LogP contribution in [-0.4, -0.2) is 54.1 Å². The molecule has 0 spiro atoms. The minimum Gasteiger partial charge on any atom is -0.382 e. The van der Waals surface area contributed by atoms with Gasteiger partial charge in [-0.05, 0) is 67.6 Å². The van der Waals surface area contributed by atoms with Crippen molar-refractivity contribution in [2.24, 2.45) is 11.8 Å². The van der Waals surface area contributed by atoms with E-state index in [1.54, 1.807) is 0 Å². The fraction of sp³-hybridized carbons (Fsp3) is 0.654. The number of piperazine rings is 1. The van der Waals surface area contributed by atoms with E-state index in [9.17, 15) is 9.90 Å². The number of anilines is 1. The van der Waals surface area contributed by atoms with Gasteiger partial charge in [0.25, 0.3) is 0 Å². The highest BCUT2D eigenvalue weighted by Crippen LogP contribution is 2.39. The van der Waals surface area contributed by atoms with Gasteiger partial charge in [0, 0.05) is 48.4 Å². The number of nitrogens with zero attached hydrogens (tertiary/aromatic N) is 2. The smallest absolute Gasteiger partial charge is 0.164 e. The van der Waals surface area contributed by atoms with E-state index in [4.69, 9.17) is 0 Å². The summed E-state index contributed by atoms with van der Waals surface area (Å²) in [6.45, 7) is 5.82. The van der Waals surface area contributed by atoms with Crippen molar-refractivity contribution in [3.8, 4) is 0 Å². The first-order valence-electron chi connectivity index (χ1n) is 12.3. The number of Topliss-reactive ketones (excluding diaryl/α,β-unsaturated/α-hetero) is 1. The van der Waals surface area contributed by atoms with Crippen LogP contribution in [-0.2, 0) is 4.79 Å². The van der Waals surface area contributed by atoms with Crippen LogP contribution < -0.4 is 4.90 Å². The fourth-order valence-corrected chi connectivity index (χ4v) is 6.41. The molecule has 1 aromatic carbocycles. The lowest BCUT2D eigenvalue weighted by Gasteiger charge is -2.37. The lowest BCUT2D eigenvalue weighted by Crippen LogP contribution is -2.47. The summed E-state index contributed by atoms with van der Waals surface area (Å²) in [5, 5.41) is 13.5. The van der Waals surface area contributed by atoms with Gasteiger partial charge in [-0.15, -0.1) is 11.3 Å². The Bertz CT molecular complexity index is 890. The zero-order valence-corrected chi connectivity index (χ0v) is 19.4. The summed E-state index contributed by atoms with van der Waals surface area (Å²) in [5.74, 6) is 1.66. The van der Waals surface area contributed by atoms with Crippen molar-refractivity contribution < 1.29 is 9.90 Å². The molecule has 1 aromatic heterocycles. The number of carbonyl (C=O) groups excluding carboxylic acids is 1. The molecule has 0 atom stereocenters. The van der Waals surface area contributed by atoms with Crippen molar-refractivity contribution in [1.82, 2.24) is 4.90 Å². The van der Waals surface area contributed by atoms with Crippen molar-refractivity contribution in [1.29, 1.82) is 0 Å². The highest BCUT2D eigenvalue weighted by atomic mass is 32.1. The van der Waals surface area contributed by atoms with E-state index in [1.165, 1.54) is 67.5 Å². The van der Waals surface area contributed by atoms with Gasteiger partial charge in [0.15, 0.2) is 5.78 Å². The third-order valence-electron chi connectivity index (χ3n) is 8.03. The van der Waals surface area contributed by atoms with Gasteiger partial charge >= 0.3 is 0 Å². The molecular weight excluding hydrogens is 404 g/mol. The Kier molecular flexibility index (Phi) is 6.36. The zero-order valence-electron chi connectivity index (χ0n) is 18.6. The van der Waals surface area contributed by atoms with Crippen LogP contribution >= 0.6 is 11.3 Å². The summed E-state index contributed by atoms with van der Waals surface area (Å²) in [7, 11) is 0. The summed E-state index contributed by atoms with van der Waals surface area (Å²) in [6.07, 6.45) is 9.48. The zero-order chi connectivity index (χ0) is 21.3. The second-order valence-electron chi connectivity index (χ2n) is 10.1. The molecule has 5 rings (SSSR count). The monoisotopic (exact) mass is 440 g/mol. The average molecular weight is 441 g/mol. The van der Waals surface area contributed by atoms with E-state index in [1.807, 2.05) is 11.3 Å². The van der Waals surface area contributed by atoms with Gasteiger partial charge in [-0.1, -0.05) is 31.7 Å². The van der Waals surface area contributed by atoms with Crippen LogP contribution in [0.2, 0.25) is 0 Å². The van der Waals surface area contributed by atoms with Crippen LogP contribution in [0.3, 0.4) is 0 Å². The lowest BCUT2D eigenvalue weighted by molar-refractivity contribution is -0.129.